The van der Waals surface area contributed by atoms with E-state index < -0.39 is 30.0 Å². The van der Waals surface area contributed by atoms with E-state index >= 15 is 0 Å². The van der Waals surface area contributed by atoms with Gasteiger partial charge in [-0.05, 0) is 38.9 Å². The number of hydrogen-bond acceptors (Lipinski definition) is 9. The molecule has 1 heterocycles. The lowest BCUT2D eigenvalue weighted by Gasteiger charge is -2.29. The molecule has 0 aromatic heterocycles. The molecule has 1 aromatic rings. The third-order valence-electron chi connectivity index (χ3n) is 5.01. The molecule has 0 saturated carbocycles. The largest absolute Gasteiger partial charge is 0.466 e. The van der Waals surface area contributed by atoms with Crippen LogP contribution in [0, 0.1) is 0 Å². The Labute approximate surface area is 188 Å². The van der Waals surface area contributed by atoms with Crippen molar-refractivity contribution in [2.75, 3.05) is 40.5 Å². The molecule has 1 aliphatic heterocycles. The predicted molar refractivity (Wildman–Crippen MR) is 114 cm³/mol. The van der Waals surface area contributed by atoms with Gasteiger partial charge >= 0.3 is 18.0 Å². The first-order chi connectivity index (χ1) is 15.4. The topological polar surface area (TPSA) is 113 Å². The number of nitrogens with zero attached hydrogens (tertiary/aromatic N) is 1. The second kappa shape index (κ2) is 12.4. The highest BCUT2D eigenvalue weighted by Crippen LogP contribution is 2.29. The predicted octanol–water partition coefficient (Wildman–Crippen LogP) is 2.37. The van der Waals surface area contributed by atoms with Crippen molar-refractivity contribution in [3.63, 3.8) is 0 Å². The van der Waals surface area contributed by atoms with Crippen molar-refractivity contribution in [2.45, 2.75) is 45.1 Å². The summed E-state index contributed by atoms with van der Waals surface area (Å²) in [4.78, 5) is 38.4. The Kier molecular flexibility index (Phi) is 9.89. The zero-order chi connectivity index (χ0) is 23.6. The van der Waals surface area contributed by atoms with Crippen LogP contribution in [0.4, 0.5) is 4.79 Å². The zero-order valence-corrected chi connectivity index (χ0v) is 19.0. The Bertz CT molecular complexity index is 775. The number of methoxy groups -OCH3 is 2. The van der Waals surface area contributed by atoms with Crippen molar-refractivity contribution in [3.8, 4) is 5.75 Å². The minimum atomic E-state index is -1.50. The van der Waals surface area contributed by atoms with Crippen LogP contribution >= 0.6 is 0 Å². The van der Waals surface area contributed by atoms with E-state index in [0.29, 0.717) is 30.7 Å². The normalized spacial score (nSPS) is 17.8. The molecule has 1 atom stereocenters. The lowest BCUT2D eigenvalue weighted by atomic mass is 10.1. The third kappa shape index (κ3) is 6.65. The maximum absolute atomic E-state index is 13.0. The summed E-state index contributed by atoms with van der Waals surface area (Å²) in [5.41, 5.74) is -0.786. The summed E-state index contributed by atoms with van der Waals surface area (Å²) in [6.45, 7) is 4.57. The zero-order valence-electron chi connectivity index (χ0n) is 19.0. The van der Waals surface area contributed by atoms with Gasteiger partial charge in [0, 0.05) is 39.3 Å². The number of amides is 1. The van der Waals surface area contributed by atoms with Gasteiger partial charge in [0.25, 0.3) is 5.72 Å². The van der Waals surface area contributed by atoms with Gasteiger partial charge < -0.3 is 28.6 Å². The van der Waals surface area contributed by atoms with Gasteiger partial charge in [-0.1, -0.05) is 12.1 Å². The Morgan fingerprint density at radius 3 is 2.53 bits per heavy atom. The molecule has 0 spiro atoms. The third-order valence-corrected chi connectivity index (χ3v) is 5.01. The fourth-order valence-electron chi connectivity index (χ4n) is 3.38. The summed E-state index contributed by atoms with van der Waals surface area (Å²) in [7, 11) is 3.04. The van der Waals surface area contributed by atoms with E-state index in [2.05, 4.69) is 5.32 Å². The van der Waals surface area contributed by atoms with Gasteiger partial charge in [-0.25, -0.2) is 9.59 Å². The maximum atomic E-state index is 13.0. The molecule has 178 valence electrons. The highest BCUT2D eigenvalue weighted by Gasteiger charge is 2.47. The Balaban J connectivity index is 2.09. The average Bonchev–Trinajstić information content (AvgIpc) is 3.25. The molecule has 1 aromatic carbocycles. The number of rotatable bonds is 11. The van der Waals surface area contributed by atoms with E-state index in [1.165, 1.54) is 19.1 Å². The number of carbonyl (C=O) groups is 3. The number of benzene rings is 1. The number of esters is 2. The molecular formula is C22H32N2O8. The first kappa shape index (κ1) is 25.6. The summed E-state index contributed by atoms with van der Waals surface area (Å²) in [5, 5.41) is 3.02. The lowest BCUT2D eigenvalue weighted by molar-refractivity contribution is -0.158. The molecule has 0 bridgehead atoms. The van der Waals surface area contributed by atoms with Crippen LogP contribution in [-0.4, -0.2) is 69.1 Å². The summed E-state index contributed by atoms with van der Waals surface area (Å²) in [5.74, 6) is -0.863. The minimum Gasteiger partial charge on any atom is -0.466 e. The van der Waals surface area contributed by atoms with Crippen LogP contribution in [0.5, 0.6) is 5.75 Å². The van der Waals surface area contributed by atoms with Crippen LogP contribution in [0.25, 0.3) is 0 Å². The van der Waals surface area contributed by atoms with E-state index in [0.717, 1.165) is 0 Å². The highest BCUT2D eigenvalue weighted by molar-refractivity contribution is 5.90. The van der Waals surface area contributed by atoms with Gasteiger partial charge in [0.05, 0.1) is 13.0 Å². The van der Waals surface area contributed by atoms with Crippen molar-refractivity contribution in [1.29, 1.82) is 0 Å². The van der Waals surface area contributed by atoms with Crippen molar-refractivity contribution >= 4 is 18.0 Å². The van der Waals surface area contributed by atoms with Crippen LogP contribution in [-0.2, 0) is 28.5 Å². The molecule has 1 fully saturated rings. The van der Waals surface area contributed by atoms with Crippen LogP contribution in [0.15, 0.2) is 24.3 Å². The quantitative estimate of drug-likeness (QED) is 0.307. The average molecular weight is 453 g/mol. The van der Waals surface area contributed by atoms with Crippen LogP contribution in [0.3, 0.4) is 0 Å². The van der Waals surface area contributed by atoms with E-state index in [-0.39, 0.29) is 26.1 Å². The van der Waals surface area contributed by atoms with Crippen molar-refractivity contribution < 1.29 is 38.1 Å². The van der Waals surface area contributed by atoms with Gasteiger partial charge in [-0.15, -0.1) is 0 Å². The summed E-state index contributed by atoms with van der Waals surface area (Å²) in [6, 6.07) is 6.96. The van der Waals surface area contributed by atoms with Crippen LogP contribution in [0.1, 0.15) is 45.0 Å². The minimum absolute atomic E-state index is 0.0117. The molecule has 10 heteroatoms. The summed E-state index contributed by atoms with van der Waals surface area (Å²) < 4.78 is 26.5. The molecule has 10 nitrogen and oxygen atoms in total. The molecule has 1 aliphatic rings. The molecule has 0 aliphatic carbocycles. The fraction of sp³-hybridized carbons (Fsp3) is 0.591. The number of hydrogen-bond donors (Lipinski definition) is 1. The lowest BCUT2D eigenvalue weighted by Crippen LogP contribution is -2.55. The number of nitrogens with one attached hydrogen (secondary N) is 1. The molecule has 1 N–H and O–H groups in total. The van der Waals surface area contributed by atoms with E-state index in [9.17, 15) is 14.4 Å². The van der Waals surface area contributed by atoms with Gasteiger partial charge in [0.1, 0.15) is 5.75 Å². The van der Waals surface area contributed by atoms with Crippen LogP contribution < -0.4 is 10.1 Å². The molecule has 1 amide bonds. The second-order valence-corrected chi connectivity index (χ2v) is 7.13. The van der Waals surface area contributed by atoms with E-state index in [4.69, 9.17) is 23.7 Å². The van der Waals surface area contributed by atoms with Gasteiger partial charge in [-0.3, -0.25) is 10.1 Å². The van der Waals surface area contributed by atoms with Crippen molar-refractivity contribution in [3.05, 3.63) is 29.8 Å². The number of ether oxygens (including phenoxy) is 5. The van der Waals surface area contributed by atoms with Gasteiger partial charge in [0.2, 0.25) is 0 Å². The van der Waals surface area contributed by atoms with Crippen LogP contribution in [0.2, 0.25) is 0 Å². The SMILES string of the molecule is CCOC(=O)CCN(CC)C(=O)OC(=O)[C@]1(Oc2cccc(C(OC)OC)c2)CCCN1. The molecule has 32 heavy (non-hydrogen) atoms. The summed E-state index contributed by atoms with van der Waals surface area (Å²) in [6.07, 6.45) is -0.418. The summed E-state index contributed by atoms with van der Waals surface area (Å²) >= 11 is 0. The monoisotopic (exact) mass is 452 g/mol. The second-order valence-electron chi connectivity index (χ2n) is 7.13. The Morgan fingerprint density at radius 2 is 1.94 bits per heavy atom. The Hall–Kier alpha value is -2.69. The van der Waals surface area contributed by atoms with Gasteiger partial charge in [-0.2, -0.15) is 0 Å². The first-order valence-electron chi connectivity index (χ1n) is 10.7. The molecule has 1 saturated heterocycles. The smallest absolute Gasteiger partial charge is 0.417 e. The molecular weight excluding hydrogens is 420 g/mol. The maximum Gasteiger partial charge on any atom is 0.417 e. The highest BCUT2D eigenvalue weighted by atomic mass is 16.7. The van der Waals surface area contributed by atoms with Crippen molar-refractivity contribution in [1.82, 2.24) is 10.2 Å². The molecule has 2 rings (SSSR count). The van der Waals surface area contributed by atoms with E-state index in [1.54, 1.807) is 32.0 Å². The van der Waals surface area contributed by atoms with Gasteiger partial charge in [0.15, 0.2) is 6.29 Å². The fourth-order valence-corrected chi connectivity index (χ4v) is 3.38. The number of carbonyl (C=O) groups excluding carboxylic acids is 3. The van der Waals surface area contributed by atoms with Crippen molar-refractivity contribution in [2.24, 2.45) is 0 Å². The van der Waals surface area contributed by atoms with E-state index in [1.807, 2.05) is 6.07 Å². The molecule has 0 unspecified atom stereocenters. The Morgan fingerprint density at radius 1 is 1.19 bits per heavy atom. The molecule has 0 radical (unpaired) electrons. The standard InChI is InChI=1S/C22H32N2O8/c1-5-24(14-11-18(25)30-6-2)21(27)31-20(26)22(12-8-13-23-22)32-17-10-7-9-16(15-17)19(28-3)29-4/h7,9-10,15,19,23H,5-6,8,11-14H2,1-4H3/t22-/m1/s1. The first-order valence-corrected chi connectivity index (χ1v) is 10.7.